The molecule has 0 aromatic heterocycles. The second kappa shape index (κ2) is 10.0. The lowest BCUT2D eigenvalue weighted by Gasteiger charge is -1.88. The summed E-state index contributed by atoms with van der Waals surface area (Å²) in [6.45, 7) is 10.9. The van der Waals surface area contributed by atoms with E-state index in [0.29, 0.717) is 6.42 Å². The lowest BCUT2D eigenvalue weighted by molar-refractivity contribution is -0.137. The molecule has 0 aliphatic rings. The Morgan fingerprint density at radius 1 is 1.67 bits per heavy atom. The summed E-state index contributed by atoms with van der Waals surface area (Å²) < 4.78 is 4.32. The van der Waals surface area contributed by atoms with Crippen molar-refractivity contribution < 1.29 is 9.53 Å². The van der Waals surface area contributed by atoms with E-state index in [-0.39, 0.29) is 5.97 Å². The first-order chi connectivity index (χ1) is 4.31. The molecule has 0 aliphatic heterocycles. The highest BCUT2D eigenvalue weighted by molar-refractivity contribution is 5.69. The standard InChI is InChI=1S/C5H8O2.C2H4/c1-3-5(6)7-4-2;1-2/h4H,2-3H2,1H3;1-2H2. The SMILES string of the molecule is C=C.C=COC(=O)CC. The van der Waals surface area contributed by atoms with Gasteiger partial charge in [-0.05, 0) is 0 Å². The van der Waals surface area contributed by atoms with E-state index in [9.17, 15) is 4.79 Å². The van der Waals surface area contributed by atoms with Crippen molar-refractivity contribution in [1.29, 1.82) is 0 Å². The van der Waals surface area contributed by atoms with Gasteiger partial charge in [0.25, 0.3) is 0 Å². The Labute approximate surface area is 55.8 Å². The molecule has 9 heavy (non-hydrogen) atoms. The molecular weight excluding hydrogens is 116 g/mol. The number of ether oxygens (including phenoxy) is 1. The summed E-state index contributed by atoms with van der Waals surface area (Å²) >= 11 is 0. The Morgan fingerprint density at radius 3 is 2.22 bits per heavy atom. The molecule has 52 valence electrons. The molecule has 0 atom stereocenters. The molecule has 0 aliphatic carbocycles. The van der Waals surface area contributed by atoms with Crippen LogP contribution in [0.4, 0.5) is 0 Å². The Hall–Kier alpha value is -1.05. The van der Waals surface area contributed by atoms with E-state index < -0.39 is 0 Å². The van der Waals surface area contributed by atoms with Crippen LogP contribution in [-0.2, 0) is 9.53 Å². The van der Waals surface area contributed by atoms with Crippen molar-refractivity contribution in [3.05, 3.63) is 26.0 Å². The highest BCUT2D eigenvalue weighted by atomic mass is 16.5. The molecule has 0 amide bonds. The van der Waals surface area contributed by atoms with Crippen LogP contribution in [0.1, 0.15) is 13.3 Å². The van der Waals surface area contributed by atoms with Crippen LogP contribution in [0.3, 0.4) is 0 Å². The van der Waals surface area contributed by atoms with Gasteiger partial charge in [0.1, 0.15) is 0 Å². The Morgan fingerprint density at radius 2 is 2.11 bits per heavy atom. The van der Waals surface area contributed by atoms with Gasteiger partial charge in [0.2, 0.25) is 0 Å². The van der Waals surface area contributed by atoms with Crippen LogP contribution in [0.2, 0.25) is 0 Å². The van der Waals surface area contributed by atoms with Crippen LogP contribution < -0.4 is 0 Å². The molecule has 0 heterocycles. The summed E-state index contributed by atoms with van der Waals surface area (Å²) in [6, 6.07) is 0. The molecule has 0 saturated heterocycles. The summed E-state index contributed by atoms with van der Waals surface area (Å²) in [5, 5.41) is 0. The van der Waals surface area contributed by atoms with Crippen molar-refractivity contribution in [2.45, 2.75) is 13.3 Å². The molecule has 0 saturated carbocycles. The van der Waals surface area contributed by atoms with Gasteiger partial charge in [0, 0.05) is 6.42 Å². The number of hydrogen-bond acceptors (Lipinski definition) is 2. The van der Waals surface area contributed by atoms with Crippen molar-refractivity contribution >= 4 is 5.97 Å². The molecule has 0 radical (unpaired) electrons. The second-order valence-corrected chi connectivity index (χ2v) is 1.01. The van der Waals surface area contributed by atoms with Crippen molar-refractivity contribution in [2.75, 3.05) is 0 Å². The summed E-state index contributed by atoms with van der Waals surface area (Å²) in [5.41, 5.74) is 0. The first kappa shape index (κ1) is 10.8. The predicted octanol–water partition coefficient (Wildman–Crippen LogP) is 1.89. The van der Waals surface area contributed by atoms with Gasteiger partial charge in [0.05, 0.1) is 6.26 Å². The van der Waals surface area contributed by atoms with Gasteiger partial charge in [0.15, 0.2) is 0 Å². The minimum absolute atomic E-state index is 0.241. The van der Waals surface area contributed by atoms with Crippen LogP contribution in [0.15, 0.2) is 26.0 Å². The van der Waals surface area contributed by atoms with Gasteiger partial charge in [-0.25, -0.2) is 0 Å². The summed E-state index contributed by atoms with van der Waals surface area (Å²) in [5.74, 6) is -0.241. The molecule has 2 heteroatoms. The van der Waals surface area contributed by atoms with Crippen molar-refractivity contribution in [2.24, 2.45) is 0 Å². The maximum absolute atomic E-state index is 10.1. The van der Waals surface area contributed by atoms with Crippen LogP contribution in [0, 0.1) is 0 Å². The zero-order chi connectivity index (χ0) is 7.70. The van der Waals surface area contributed by atoms with E-state index >= 15 is 0 Å². The van der Waals surface area contributed by atoms with E-state index in [1.54, 1.807) is 6.92 Å². The smallest absolute Gasteiger partial charge is 0.310 e. The molecule has 0 aromatic rings. The normalized spacial score (nSPS) is 6.33. The van der Waals surface area contributed by atoms with Crippen molar-refractivity contribution in [3.63, 3.8) is 0 Å². The van der Waals surface area contributed by atoms with Gasteiger partial charge >= 0.3 is 5.97 Å². The monoisotopic (exact) mass is 128 g/mol. The topological polar surface area (TPSA) is 26.3 Å². The van der Waals surface area contributed by atoms with Gasteiger partial charge in [-0.1, -0.05) is 13.5 Å². The van der Waals surface area contributed by atoms with Gasteiger partial charge in [-0.3, -0.25) is 4.79 Å². The van der Waals surface area contributed by atoms with Gasteiger partial charge in [-0.15, -0.1) is 13.2 Å². The third-order valence-electron chi connectivity index (χ3n) is 0.503. The van der Waals surface area contributed by atoms with E-state index in [2.05, 4.69) is 24.5 Å². The van der Waals surface area contributed by atoms with Crippen LogP contribution in [-0.4, -0.2) is 5.97 Å². The van der Waals surface area contributed by atoms with Crippen LogP contribution in [0.5, 0.6) is 0 Å². The number of hydrogen-bond donors (Lipinski definition) is 0. The number of esters is 1. The highest BCUT2D eigenvalue weighted by Crippen LogP contribution is 1.81. The molecule has 0 bridgehead atoms. The van der Waals surface area contributed by atoms with Crippen molar-refractivity contribution in [1.82, 2.24) is 0 Å². The Bertz CT molecular complexity index is 86.9. The molecule has 0 spiro atoms. The molecule has 0 aromatic carbocycles. The fourth-order valence-corrected chi connectivity index (χ4v) is 0.176. The number of carbonyl (C=O) groups excluding carboxylic acids is 1. The molecule has 0 fully saturated rings. The Kier molecular flexibility index (Phi) is 12.1. The minimum atomic E-state index is -0.241. The average molecular weight is 128 g/mol. The van der Waals surface area contributed by atoms with Gasteiger partial charge in [-0.2, -0.15) is 0 Å². The molecule has 0 unspecified atom stereocenters. The number of rotatable bonds is 2. The lowest BCUT2D eigenvalue weighted by Crippen LogP contribution is -1.94. The zero-order valence-electron chi connectivity index (χ0n) is 5.72. The molecule has 0 N–H and O–H groups in total. The maximum Gasteiger partial charge on any atom is 0.310 e. The summed E-state index contributed by atoms with van der Waals surface area (Å²) in [4.78, 5) is 10.1. The predicted molar refractivity (Wildman–Crippen MR) is 37.8 cm³/mol. The van der Waals surface area contributed by atoms with Crippen LogP contribution in [0.25, 0.3) is 0 Å². The van der Waals surface area contributed by atoms with Crippen LogP contribution >= 0.6 is 0 Å². The third kappa shape index (κ3) is 10.9. The molecule has 2 nitrogen and oxygen atoms in total. The zero-order valence-corrected chi connectivity index (χ0v) is 5.72. The molecular formula is C7H12O2. The van der Waals surface area contributed by atoms with E-state index in [0.717, 1.165) is 6.26 Å². The van der Waals surface area contributed by atoms with Crippen molar-refractivity contribution in [3.8, 4) is 0 Å². The summed E-state index contributed by atoms with van der Waals surface area (Å²) in [6.07, 6.45) is 1.54. The average Bonchev–Trinajstić information content (AvgIpc) is 1.93. The largest absolute Gasteiger partial charge is 0.435 e. The van der Waals surface area contributed by atoms with E-state index in [1.807, 2.05) is 0 Å². The molecule has 0 rings (SSSR count). The highest BCUT2D eigenvalue weighted by Gasteiger charge is 1.89. The lowest BCUT2D eigenvalue weighted by atomic mass is 10.5. The van der Waals surface area contributed by atoms with E-state index in [4.69, 9.17) is 0 Å². The minimum Gasteiger partial charge on any atom is -0.435 e. The number of carbonyl (C=O) groups is 1. The first-order valence-corrected chi connectivity index (χ1v) is 2.61. The van der Waals surface area contributed by atoms with E-state index in [1.165, 1.54) is 0 Å². The Balaban J connectivity index is 0. The third-order valence-corrected chi connectivity index (χ3v) is 0.503. The first-order valence-electron chi connectivity index (χ1n) is 2.61. The second-order valence-electron chi connectivity index (χ2n) is 1.01. The summed E-state index contributed by atoms with van der Waals surface area (Å²) in [7, 11) is 0. The fourth-order valence-electron chi connectivity index (χ4n) is 0.176. The quantitative estimate of drug-likeness (QED) is 0.322. The van der Waals surface area contributed by atoms with Gasteiger partial charge < -0.3 is 4.74 Å². The fraction of sp³-hybridized carbons (Fsp3) is 0.286. The maximum atomic E-state index is 10.1.